The second kappa shape index (κ2) is 5.33. The number of benzene rings is 1. The Kier molecular flexibility index (Phi) is 3.60. The Labute approximate surface area is 160 Å². The Hall–Kier alpha value is -1.85. The number of nitriles is 1. The summed E-state index contributed by atoms with van der Waals surface area (Å²) in [5.74, 6) is 0.503. The molecule has 8 heteroatoms. The van der Waals surface area contributed by atoms with Crippen LogP contribution in [0.5, 0.6) is 5.75 Å². The molecule has 4 atom stereocenters. The highest BCUT2D eigenvalue weighted by molar-refractivity contribution is 8.78. The summed E-state index contributed by atoms with van der Waals surface area (Å²) in [6.07, 6.45) is 0.315. The van der Waals surface area contributed by atoms with Gasteiger partial charge < -0.3 is 14.5 Å². The first kappa shape index (κ1) is 17.6. The molecule has 0 N–H and O–H groups in total. The maximum atomic E-state index is 13.4. The van der Waals surface area contributed by atoms with Crippen molar-refractivity contribution in [3.63, 3.8) is 0 Å². The number of rotatable bonds is 2. The molecule has 2 amide bonds. The fourth-order valence-electron chi connectivity index (χ4n) is 4.21. The number of ether oxygens (including phenoxy) is 1. The van der Waals surface area contributed by atoms with Gasteiger partial charge in [-0.15, -0.1) is 0 Å². The number of likely N-dealkylation sites (N-methyl/N-ethyl adjacent to an activating group) is 1. The van der Waals surface area contributed by atoms with Gasteiger partial charge >= 0.3 is 0 Å². The van der Waals surface area contributed by atoms with Crippen molar-refractivity contribution in [3.8, 4) is 11.8 Å². The van der Waals surface area contributed by atoms with Crippen molar-refractivity contribution < 1.29 is 14.3 Å². The number of hydrogen-bond donors (Lipinski definition) is 0. The largest absolute Gasteiger partial charge is 0.497 e. The average molecular weight is 390 g/mol. The van der Waals surface area contributed by atoms with Crippen LogP contribution >= 0.6 is 21.6 Å². The lowest BCUT2D eigenvalue weighted by molar-refractivity contribution is -0.164. The van der Waals surface area contributed by atoms with Crippen LogP contribution in [0.2, 0.25) is 0 Å². The Morgan fingerprint density at radius 3 is 2.42 bits per heavy atom. The molecule has 1 aromatic carbocycles. The Morgan fingerprint density at radius 2 is 1.85 bits per heavy atom. The smallest absolute Gasteiger partial charge is 0.261 e. The summed E-state index contributed by atoms with van der Waals surface area (Å²) in [6.45, 7) is 3.62. The van der Waals surface area contributed by atoms with E-state index in [1.54, 1.807) is 30.9 Å². The number of carbonyl (C=O) groups is 2. The highest BCUT2D eigenvalue weighted by Gasteiger charge is 2.74. The zero-order chi connectivity index (χ0) is 18.9. The molecule has 1 aromatic rings. The van der Waals surface area contributed by atoms with Crippen molar-refractivity contribution in [1.29, 1.82) is 5.26 Å². The first-order valence-electron chi connectivity index (χ1n) is 8.27. The molecule has 0 aromatic heterocycles. The molecule has 4 aliphatic heterocycles. The molecular formula is C18H19N3O3S2. The van der Waals surface area contributed by atoms with Crippen LogP contribution < -0.4 is 4.74 Å². The summed E-state index contributed by atoms with van der Waals surface area (Å²) in [5, 5.41) is 9.98. The predicted octanol–water partition coefficient (Wildman–Crippen LogP) is 2.78. The minimum atomic E-state index is -1.02. The van der Waals surface area contributed by atoms with E-state index in [1.165, 1.54) is 21.6 Å². The third-order valence-electron chi connectivity index (χ3n) is 5.78. The van der Waals surface area contributed by atoms with Gasteiger partial charge in [0.2, 0.25) is 0 Å². The van der Waals surface area contributed by atoms with Crippen molar-refractivity contribution in [2.24, 2.45) is 5.41 Å². The highest BCUT2D eigenvalue weighted by atomic mass is 33.1. The maximum Gasteiger partial charge on any atom is 0.261 e. The number of carbonyl (C=O) groups excluding carboxylic acids is 2. The predicted molar refractivity (Wildman–Crippen MR) is 100 cm³/mol. The monoisotopic (exact) mass is 389 g/mol. The first-order chi connectivity index (χ1) is 12.2. The van der Waals surface area contributed by atoms with Crippen molar-refractivity contribution >= 4 is 33.4 Å². The van der Waals surface area contributed by atoms with Crippen molar-refractivity contribution in [2.45, 2.75) is 36.1 Å². The number of nitrogens with zero attached hydrogens (tertiary/aromatic N) is 3. The molecule has 0 saturated carbocycles. The number of hydrogen-bond acceptors (Lipinski definition) is 6. The van der Waals surface area contributed by atoms with Crippen LogP contribution in [0.1, 0.15) is 31.9 Å². The highest BCUT2D eigenvalue weighted by Crippen LogP contribution is 2.69. The van der Waals surface area contributed by atoms with Crippen LogP contribution in [0, 0.1) is 16.7 Å². The standard InChI is InChI=1S/C18H19N3O3S2/c1-16(10-19)9-18-15(23)20(3)17(2,25-26-18)14(22)21(18)13(16)11-5-7-12(24-4)8-6-11/h5-8,13H,9H2,1-4H3/t13-,16+,17-,18-/m0/s1. The van der Waals surface area contributed by atoms with Gasteiger partial charge in [0.15, 0.2) is 9.74 Å². The van der Waals surface area contributed by atoms with Gasteiger partial charge in [-0.05, 0) is 31.5 Å². The Morgan fingerprint density at radius 1 is 1.19 bits per heavy atom. The lowest BCUT2D eigenvalue weighted by Gasteiger charge is -2.57. The quantitative estimate of drug-likeness (QED) is 0.724. The lowest BCUT2D eigenvalue weighted by atomic mass is 9.79. The topological polar surface area (TPSA) is 73.6 Å². The molecule has 26 heavy (non-hydrogen) atoms. The summed E-state index contributed by atoms with van der Waals surface area (Å²) in [5.41, 5.74) is -0.0125. The molecule has 4 fully saturated rings. The van der Waals surface area contributed by atoms with E-state index < -0.39 is 21.2 Å². The molecule has 4 heterocycles. The van der Waals surface area contributed by atoms with Crippen molar-refractivity contribution in [1.82, 2.24) is 9.80 Å². The van der Waals surface area contributed by atoms with Gasteiger partial charge in [0.25, 0.3) is 11.8 Å². The van der Waals surface area contributed by atoms with Gasteiger partial charge in [-0.3, -0.25) is 9.59 Å². The minimum Gasteiger partial charge on any atom is -0.497 e. The summed E-state index contributed by atoms with van der Waals surface area (Å²) in [6, 6.07) is 9.32. The molecule has 4 aliphatic rings. The summed E-state index contributed by atoms with van der Waals surface area (Å²) in [4.78, 5) is 27.9. The zero-order valence-electron chi connectivity index (χ0n) is 15.0. The third kappa shape index (κ3) is 1.90. The fraction of sp³-hybridized carbons (Fsp3) is 0.500. The van der Waals surface area contributed by atoms with E-state index in [0.717, 1.165) is 5.56 Å². The van der Waals surface area contributed by atoms with Crippen molar-refractivity contribution in [2.75, 3.05) is 14.2 Å². The van der Waals surface area contributed by atoms with E-state index in [0.29, 0.717) is 12.2 Å². The van der Waals surface area contributed by atoms with Gasteiger partial charge in [0.05, 0.1) is 24.6 Å². The summed E-state index contributed by atoms with van der Waals surface area (Å²) < 4.78 is 5.22. The lowest BCUT2D eigenvalue weighted by Crippen LogP contribution is -2.73. The van der Waals surface area contributed by atoms with Gasteiger partial charge in [0, 0.05) is 13.5 Å². The zero-order valence-corrected chi connectivity index (χ0v) is 16.6. The van der Waals surface area contributed by atoms with Crippen molar-refractivity contribution in [3.05, 3.63) is 29.8 Å². The van der Waals surface area contributed by atoms with Crippen LogP contribution in [0.15, 0.2) is 24.3 Å². The van der Waals surface area contributed by atoms with Gasteiger partial charge in [-0.25, -0.2) is 0 Å². The van der Waals surface area contributed by atoms with E-state index in [1.807, 2.05) is 31.2 Å². The molecule has 0 radical (unpaired) electrons. The second-order valence-corrected chi connectivity index (χ2v) is 10.2. The molecule has 1 spiro atoms. The van der Waals surface area contributed by atoms with E-state index in [4.69, 9.17) is 4.74 Å². The van der Waals surface area contributed by atoms with Crippen LogP contribution in [-0.2, 0) is 9.59 Å². The SMILES string of the molecule is COc1ccc([C@@H]2N3C(=O)[C@]4(C)SS[C@@]3(C[C@]2(C)C#N)C(=O)N4C)cc1. The normalized spacial score (nSPS) is 38.3. The van der Waals surface area contributed by atoms with E-state index in [2.05, 4.69) is 6.07 Å². The van der Waals surface area contributed by atoms with Gasteiger partial charge in [0.1, 0.15) is 5.75 Å². The molecule has 2 bridgehead atoms. The fourth-order valence-corrected chi connectivity index (χ4v) is 7.79. The molecule has 136 valence electrons. The number of fused-ring (bicyclic) bond motifs is 2. The molecule has 5 rings (SSSR count). The van der Waals surface area contributed by atoms with E-state index in [-0.39, 0.29) is 11.8 Å². The van der Waals surface area contributed by atoms with Crippen LogP contribution in [-0.4, -0.2) is 45.5 Å². The van der Waals surface area contributed by atoms with Crippen LogP contribution in [0.25, 0.3) is 0 Å². The number of methoxy groups -OCH3 is 1. The average Bonchev–Trinajstić information content (AvgIpc) is 2.93. The van der Waals surface area contributed by atoms with E-state index in [9.17, 15) is 14.9 Å². The minimum absolute atomic E-state index is 0.0964. The van der Waals surface area contributed by atoms with Crippen LogP contribution in [0.3, 0.4) is 0 Å². The molecule has 0 unspecified atom stereocenters. The van der Waals surface area contributed by atoms with E-state index >= 15 is 0 Å². The second-order valence-electron chi connectivity index (χ2n) is 7.35. The molecule has 0 aliphatic carbocycles. The number of piperazine rings is 1. The first-order valence-corrected chi connectivity index (χ1v) is 10.4. The van der Waals surface area contributed by atoms with Gasteiger partial charge in [-0.2, -0.15) is 5.26 Å². The molecule has 6 nitrogen and oxygen atoms in total. The molecular weight excluding hydrogens is 370 g/mol. The van der Waals surface area contributed by atoms with Gasteiger partial charge in [-0.1, -0.05) is 33.7 Å². The Balaban J connectivity index is 1.90. The third-order valence-corrected chi connectivity index (χ3v) is 9.48. The van der Waals surface area contributed by atoms with Crippen LogP contribution in [0.4, 0.5) is 0 Å². The molecule has 4 saturated heterocycles. The summed E-state index contributed by atoms with van der Waals surface area (Å²) in [7, 11) is 6.11. The summed E-state index contributed by atoms with van der Waals surface area (Å²) >= 11 is 0. The Bertz CT molecular complexity index is 854. The maximum absolute atomic E-state index is 13.4. The number of amides is 2.